The van der Waals surface area contributed by atoms with Crippen LogP contribution in [0.25, 0.3) is 0 Å². The Kier molecular flexibility index (Phi) is 12.1. The van der Waals surface area contributed by atoms with Crippen molar-refractivity contribution in [2.24, 2.45) is 0 Å². The van der Waals surface area contributed by atoms with E-state index in [1.165, 1.54) is 47.2 Å². The Morgan fingerprint density at radius 3 is 0.765 bits per heavy atom. The van der Waals surface area contributed by atoms with Gasteiger partial charge < -0.3 is 0 Å². The van der Waals surface area contributed by atoms with Crippen molar-refractivity contribution in [3.05, 3.63) is 72.8 Å². The first-order valence-corrected chi connectivity index (χ1v) is 25.1. The molecule has 0 fully saturated rings. The molecule has 0 nitrogen and oxygen atoms in total. The first kappa shape index (κ1) is 28.3. The summed E-state index contributed by atoms with van der Waals surface area (Å²) < 4.78 is 4.92. The van der Waals surface area contributed by atoms with E-state index in [-0.39, 0.29) is 0 Å². The fraction of sp³-hybridized carbons (Fsp3) is 0.400. The van der Waals surface area contributed by atoms with E-state index in [0.29, 0.717) is 0 Å². The minimum atomic E-state index is -0.858. The molecular weight excluding hydrogens is 616 g/mol. The van der Waals surface area contributed by atoms with Crippen LogP contribution in [0.2, 0.25) is 31.3 Å². The molecule has 0 bridgehead atoms. The van der Waals surface area contributed by atoms with E-state index in [4.69, 9.17) is 0 Å². The molecule has 0 heterocycles. The van der Waals surface area contributed by atoms with Crippen LogP contribution in [-0.4, -0.2) is 44.0 Å². The number of benzene rings is 3. The summed E-state index contributed by atoms with van der Waals surface area (Å²) in [5.74, 6) is 0. The van der Waals surface area contributed by atoms with Crippen molar-refractivity contribution in [2.75, 3.05) is 0 Å². The number of rotatable bonds is 12. The quantitative estimate of drug-likeness (QED) is 0.174. The molecule has 0 aromatic heterocycles. The zero-order valence-corrected chi connectivity index (χ0v) is 28.5. The average Bonchev–Trinajstić information content (AvgIpc) is 2.89. The van der Waals surface area contributed by atoms with Crippen LogP contribution >= 0.6 is 7.92 Å². The van der Waals surface area contributed by atoms with Gasteiger partial charge >= 0.3 is 226 Å². The second-order valence-electron chi connectivity index (χ2n) is 8.40. The van der Waals surface area contributed by atoms with E-state index in [1.54, 1.807) is 13.1 Å². The topological polar surface area (TPSA) is 0 Å². The standard InChI is InChI=1S/C30H42As3P/c1-7-31(8-2)25-13-19-28(20-14-25)34(29-21-15-26(16-22-29)32(9-3)10-4)30-23-17-27(18-24-30)33(11-5)12-6/h13-24H,7-12H2,1-6H3. The third-order valence-electron chi connectivity index (χ3n) is 6.71. The summed E-state index contributed by atoms with van der Waals surface area (Å²) in [5.41, 5.74) is 0. The van der Waals surface area contributed by atoms with Crippen molar-refractivity contribution in [3.63, 3.8) is 0 Å². The molecule has 0 spiro atoms. The summed E-state index contributed by atoms with van der Waals surface area (Å²) in [4.78, 5) is 0. The molecule has 0 atom stereocenters. The van der Waals surface area contributed by atoms with Gasteiger partial charge in [0.2, 0.25) is 0 Å². The Labute approximate surface area is 224 Å². The van der Waals surface area contributed by atoms with Crippen LogP contribution in [0, 0.1) is 0 Å². The zero-order valence-electron chi connectivity index (χ0n) is 22.0. The summed E-state index contributed by atoms with van der Waals surface area (Å²) in [6, 6.07) is 29.6. The van der Waals surface area contributed by atoms with Crippen molar-refractivity contribution < 1.29 is 0 Å². The van der Waals surface area contributed by atoms with E-state index in [1.807, 2.05) is 0 Å². The molecule has 182 valence electrons. The molecule has 0 saturated carbocycles. The third-order valence-corrected chi connectivity index (χ3v) is 25.2. The second-order valence-corrected chi connectivity index (χ2v) is 28.6. The van der Waals surface area contributed by atoms with Crippen LogP contribution < -0.4 is 29.0 Å². The maximum atomic E-state index is 2.47. The Morgan fingerprint density at radius 2 is 0.588 bits per heavy atom. The van der Waals surface area contributed by atoms with Gasteiger partial charge in [0.05, 0.1) is 0 Å². The van der Waals surface area contributed by atoms with Gasteiger partial charge in [-0.15, -0.1) is 0 Å². The van der Waals surface area contributed by atoms with Crippen molar-refractivity contribution >= 4 is 80.8 Å². The van der Waals surface area contributed by atoms with Crippen molar-refractivity contribution in [1.29, 1.82) is 0 Å². The van der Waals surface area contributed by atoms with E-state index in [2.05, 4.69) is 114 Å². The van der Waals surface area contributed by atoms with Crippen molar-refractivity contribution in [1.82, 2.24) is 0 Å². The van der Waals surface area contributed by atoms with Crippen LogP contribution in [0.15, 0.2) is 72.8 Å². The van der Waals surface area contributed by atoms with Gasteiger partial charge in [-0.25, -0.2) is 0 Å². The molecule has 0 aliphatic rings. The monoisotopic (exact) mass is 658 g/mol. The molecule has 0 N–H and O–H groups in total. The van der Waals surface area contributed by atoms with Gasteiger partial charge in [0.15, 0.2) is 0 Å². The van der Waals surface area contributed by atoms with Gasteiger partial charge in [-0.3, -0.25) is 0 Å². The normalized spacial score (nSPS) is 11.8. The molecule has 0 aliphatic heterocycles. The van der Waals surface area contributed by atoms with Gasteiger partial charge in [-0.05, 0) is 0 Å². The van der Waals surface area contributed by atoms with E-state index in [9.17, 15) is 0 Å². The van der Waals surface area contributed by atoms with E-state index in [0.717, 1.165) is 0 Å². The molecule has 0 unspecified atom stereocenters. The second kappa shape index (κ2) is 14.5. The van der Waals surface area contributed by atoms with Crippen LogP contribution in [0.3, 0.4) is 0 Å². The molecule has 3 aromatic rings. The predicted octanol–water partition coefficient (Wildman–Crippen LogP) is 5.67. The molecule has 0 amide bonds. The molecule has 3 aromatic carbocycles. The van der Waals surface area contributed by atoms with Gasteiger partial charge in [0.25, 0.3) is 0 Å². The van der Waals surface area contributed by atoms with E-state index >= 15 is 0 Å². The van der Waals surface area contributed by atoms with Gasteiger partial charge in [0.1, 0.15) is 0 Å². The van der Waals surface area contributed by atoms with Gasteiger partial charge in [0, 0.05) is 0 Å². The number of hydrogen-bond donors (Lipinski definition) is 0. The molecule has 0 saturated heterocycles. The summed E-state index contributed by atoms with van der Waals surface area (Å²) in [5, 5.41) is 12.7. The molecule has 3 rings (SSSR count). The van der Waals surface area contributed by atoms with Crippen LogP contribution in [0.5, 0.6) is 0 Å². The van der Waals surface area contributed by atoms with Crippen LogP contribution in [0.1, 0.15) is 41.5 Å². The van der Waals surface area contributed by atoms with Gasteiger partial charge in [-0.2, -0.15) is 0 Å². The summed E-state index contributed by atoms with van der Waals surface area (Å²) in [6.07, 6.45) is 0. The van der Waals surface area contributed by atoms with Crippen molar-refractivity contribution in [2.45, 2.75) is 72.8 Å². The fourth-order valence-electron chi connectivity index (χ4n) is 4.65. The van der Waals surface area contributed by atoms with Crippen LogP contribution in [0.4, 0.5) is 0 Å². The molecule has 0 radical (unpaired) electrons. The molecule has 34 heavy (non-hydrogen) atoms. The summed E-state index contributed by atoms with van der Waals surface area (Å²) in [7, 11) is -0.518. The zero-order chi connectivity index (χ0) is 24.5. The fourth-order valence-corrected chi connectivity index (χ4v) is 17.9. The molecule has 0 aliphatic carbocycles. The predicted molar refractivity (Wildman–Crippen MR) is 164 cm³/mol. The van der Waals surface area contributed by atoms with Crippen LogP contribution in [-0.2, 0) is 0 Å². The Bertz CT molecular complexity index is 839. The SMILES string of the molecule is CC[As](CC)c1ccc(P(c2ccc([As](CC)CC)cc2)c2ccc([As](CC)CC)cc2)cc1. The van der Waals surface area contributed by atoms with Gasteiger partial charge in [-0.1, -0.05) is 0 Å². The van der Waals surface area contributed by atoms with E-state index < -0.39 is 51.9 Å². The number of hydrogen-bond acceptors (Lipinski definition) is 0. The minimum absolute atomic E-state index is 0.518. The first-order valence-electron chi connectivity index (χ1n) is 12.9. The Hall–Kier alpha value is -0.235. The Morgan fingerprint density at radius 1 is 0.382 bits per heavy atom. The average molecular weight is 658 g/mol. The maximum absolute atomic E-state index is 2.47. The van der Waals surface area contributed by atoms with Crippen molar-refractivity contribution in [3.8, 4) is 0 Å². The summed E-state index contributed by atoms with van der Waals surface area (Å²) in [6.45, 7) is 14.3. The first-order chi connectivity index (χ1) is 16.6. The summed E-state index contributed by atoms with van der Waals surface area (Å²) >= 11 is -2.57. The molecule has 4 heteroatoms. The molecular formula is C30H42As3P. The third kappa shape index (κ3) is 6.95. The Balaban J connectivity index is 2.01.